The highest BCUT2D eigenvalue weighted by molar-refractivity contribution is 7.42. The van der Waals surface area contributed by atoms with E-state index in [-0.39, 0.29) is 0 Å². The summed E-state index contributed by atoms with van der Waals surface area (Å²) in [6.45, 7) is 22.8. The Labute approximate surface area is 203 Å². The van der Waals surface area contributed by atoms with Crippen molar-refractivity contribution in [1.29, 1.82) is 0 Å². The molecule has 5 rings (SSSR count). The van der Waals surface area contributed by atoms with Crippen LogP contribution in [-0.2, 0) is 0 Å². The van der Waals surface area contributed by atoms with Crippen molar-refractivity contribution in [3.05, 3.63) is 0 Å². The summed E-state index contributed by atoms with van der Waals surface area (Å²) < 4.78 is 0. The fourth-order valence-corrected chi connectivity index (χ4v) is 26.6. The Morgan fingerprint density at radius 3 is 1.38 bits per heavy atom. The molecular formula is C28H54BNSi2. The summed E-state index contributed by atoms with van der Waals surface area (Å²) in [7, 11) is -2.63. The van der Waals surface area contributed by atoms with E-state index >= 15 is 0 Å². The number of nitrogens with zero attached hydrogens (tertiary/aromatic N) is 1. The molecule has 5 fully saturated rings. The third-order valence-electron chi connectivity index (χ3n) is 12.7. The lowest BCUT2D eigenvalue weighted by Gasteiger charge is -2.51. The van der Waals surface area contributed by atoms with Gasteiger partial charge in [-0.1, -0.05) is 118 Å². The minimum absolute atomic E-state index is 0.694. The van der Waals surface area contributed by atoms with E-state index in [0.29, 0.717) is 12.1 Å². The van der Waals surface area contributed by atoms with Crippen LogP contribution in [0.1, 0.15) is 91.9 Å². The predicted octanol–water partition coefficient (Wildman–Crippen LogP) is 8.51. The molecule has 0 bridgehead atoms. The molecule has 8 atom stereocenters. The van der Waals surface area contributed by atoms with E-state index in [4.69, 9.17) is 0 Å². The van der Waals surface area contributed by atoms with Gasteiger partial charge in [0.25, 0.3) is 0 Å². The molecule has 1 nitrogen and oxygen atoms in total. The van der Waals surface area contributed by atoms with Gasteiger partial charge in [0.1, 0.15) is 0 Å². The molecular weight excluding hydrogens is 417 g/mol. The van der Waals surface area contributed by atoms with Crippen molar-refractivity contribution in [2.45, 2.75) is 153 Å². The van der Waals surface area contributed by atoms with Crippen LogP contribution in [-0.4, -0.2) is 38.9 Å². The second-order valence-electron chi connectivity index (χ2n) is 14.8. The maximum atomic E-state index is 3.10. The van der Waals surface area contributed by atoms with E-state index in [9.17, 15) is 0 Å². The first-order valence-electron chi connectivity index (χ1n) is 14.8. The minimum atomic E-state index is -1.31. The Morgan fingerprint density at radius 1 is 0.625 bits per heavy atom. The monoisotopic (exact) mass is 471 g/mol. The fourth-order valence-electron chi connectivity index (χ4n) is 11.4. The van der Waals surface area contributed by atoms with Gasteiger partial charge in [0, 0.05) is 15.2 Å². The molecule has 0 N–H and O–H groups in total. The summed E-state index contributed by atoms with van der Waals surface area (Å²) in [6.07, 6.45) is 15.7. The van der Waals surface area contributed by atoms with Crippen LogP contribution in [0.4, 0.5) is 0 Å². The second-order valence-corrected chi connectivity index (χ2v) is 30.8. The van der Waals surface area contributed by atoms with Gasteiger partial charge in [-0.15, -0.1) is 0 Å². The maximum absolute atomic E-state index is 3.10. The smallest absolute Gasteiger partial charge is 0.230 e. The molecule has 5 aliphatic rings. The van der Waals surface area contributed by atoms with Gasteiger partial charge in [-0.3, -0.25) is 0 Å². The third kappa shape index (κ3) is 3.46. The number of fused-ring (bicyclic) bond motifs is 6. The van der Waals surface area contributed by atoms with Crippen molar-refractivity contribution < 1.29 is 0 Å². The van der Waals surface area contributed by atoms with Crippen LogP contribution >= 0.6 is 0 Å². The van der Waals surface area contributed by atoms with Gasteiger partial charge in [0.05, 0.1) is 0 Å². The van der Waals surface area contributed by atoms with E-state index in [1.807, 2.05) is 0 Å². The number of hydrogen-bond acceptors (Lipinski definition) is 1. The van der Waals surface area contributed by atoms with Crippen molar-refractivity contribution in [3.8, 4) is 0 Å². The predicted molar refractivity (Wildman–Crippen MR) is 148 cm³/mol. The Kier molecular flexibility index (Phi) is 6.45. The molecule has 32 heavy (non-hydrogen) atoms. The summed E-state index contributed by atoms with van der Waals surface area (Å²) in [5.41, 5.74) is 2.26. The molecule has 0 aromatic rings. The van der Waals surface area contributed by atoms with Crippen molar-refractivity contribution >= 4 is 22.0 Å². The molecule has 0 spiro atoms. The third-order valence-corrected chi connectivity index (χ3v) is 33.0. The van der Waals surface area contributed by atoms with Crippen molar-refractivity contribution in [2.24, 2.45) is 23.7 Å². The summed E-state index contributed by atoms with van der Waals surface area (Å²) >= 11 is 0. The summed E-state index contributed by atoms with van der Waals surface area (Å²) in [6, 6.07) is 1.39. The lowest BCUT2D eigenvalue weighted by atomic mass is 9.39. The van der Waals surface area contributed by atoms with Crippen molar-refractivity contribution in [1.82, 2.24) is 4.81 Å². The lowest BCUT2D eigenvalue weighted by Crippen LogP contribution is -2.62. The van der Waals surface area contributed by atoms with Crippen LogP contribution in [0, 0.1) is 23.7 Å². The van der Waals surface area contributed by atoms with Gasteiger partial charge in [-0.2, -0.15) is 0 Å². The fraction of sp³-hybridized carbons (Fsp3) is 1.00. The van der Waals surface area contributed by atoms with E-state index in [0.717, 1.165) is 53.2 Å². The molecule has 1 aliphatic heterocycles. The van der Waals surface area contributed by atoms with Crippen LogP contribution in [0.5, 0.6) is 0 Å². The number of rotatable bonds is 3. The molecule has 0 radical (unpaired) electrons. The Bertz CT molecular complexity index is 635. The highest BCUT2D eigenvalue weighted by Crippen LogP contribution is 2.72. The average Bonchev–Trinajstić information content (AvgIpc) is 3.28. The molecule has 6 unspecified atom stereocenters. The molecule has 4 aliphatic carbocycles. The zero-order valence-electron chi connectivity index (χ0n) is 22.9. The zero-order chi connectivity index (χ0) is 23.0. The highest BCUT2D eigenvalue weighted by atomic mass is 29.3. The minimum Gasteiger partial charge on any atom is -0.337 e. The quantitative estimate of drug-likeness (QED) is 0.373. The van der Waals surface area contributed by atoms with E-state index in [2.05, 4.69) is 58.7 Å². The molecule has 0 aromatic heterocycles. The number of hydrogen-bond donors (Lipinski definition) is 0. The summed E-state index contributed by atoms with van der Waals surface area (Å²) in [5.74, 6) is 6.42. The van der Waals surface area contributed by atoms with Gasteiger partial charge in [0.2, 0.25) is 6.85 Å². The molecule has 4 saturated carbocycles. The maximum Gasteiger partial charge on any atom is 0.230 e. The molecule has 0 aromatic carbocycles. The van der Waals surface area contributed by atoms with Crippen LogP contribution in [0.15, 0.2) is 0 Å². The Hall–Kier alpha value is 0.459. The standard InChI is InChI=1S/C28H54BNSi2/c1-19(2)30(20(3)4)29-25-17-21-13-9-11-15-23(21)27(25)31(5,6)32(7,8)28-24-16-12-10-14-22(24)18-26(28)29/h19-28H,9-18H2,1-8H3/t21?,22?,23?,24?,25-,26?,27+,28?/m0/s1. The van der Waals surface area contributed by atoms with Gasteiger partial charge < -0.3 is 4.81 Å². The first kappa shape index (κ1) is 24.2. The molecule has 0 amide bonds. The van der Waals surface area contributed by atoms with Crippen LogP contribution in [0.2, 0.25) is 48.9 Å². The lowest BCUT2D eigenvalue weighted by molar-refractivity contribution is 0.273. The van der Waals surface area contributed by atoms with Gasteiger partial charge in [0.15, 0.2) is 0 Å². The van der Waals surface area contributed by atoms with E-state index < -0.39 is 15.2 Å². The summed E-state index contributed by atoms with van der Waals surface area (Å²) in [5, 5.41) is 0. The highest BCUT2D eigenvalue weighted by Gasteiger charge is 2.69. The van der Waals surface area contributed by atoms with Crippen molar-refractivity contribution in [3.63, 3.8) is 0 Å². The average molecular weight is 472 g/mol. The first-order chi connectivity index (χ1) is 15.1. The van der Waals surface area contributed by atoms with Gasteiger partial charge >= 0.3 is 0 Å². The van der Waals surface area contributed by atoms with Crippen molar-refractivity contribution in [2.75, 3.05) is 0 Å². The topological polar surface area (TPSA) is 3.24 Å². The second kappa shape index (κ2) is 8.54. The van der Waals surface area contributed by atoms with Gasteiger partial charge in [-0.05, 0) is 58.5 Å². The molecule has 1 saturated heterocycles. The first-order valence-corrected chi connectivity index (χ1v) is 22.0. The summed E-state index contributed by atoms with van der Waals surface area (Å²) in [4.78, 5) is 3.10. The SMILES string of the molecule is CC(C)N(B1C2CC3CCCCC3C2[Si](C)(C)[Si](C)(C)[C@@H]2C3CCCCC3C[C@H]12)C(C)C. The van der Waals surface area contributed by atoms with Crippen LogP contribution in [0.25, 0.3) is 0 Å². The Balaban J connectivity index is 1.67. The largest absolute Gasteiger partial charge is 0.337 e. The normalized spacial score (nSPS) is 44.9. The Morgan fingerprint density at radius 2 is 1.00 bits per heavy atom. The van der Waals surface area contributed by atoms with Crippen LogP contribution < -0.4 is 0 Å². The van der Waals surface area contributed by atoms with Crippen LogP contribution in [0.3, 0.4) is 0 Å². The van der Waals surface area contributed by atoms with E-state index in [1.165, 1.54) is 25.7 Å². The molecule has 4 heteroatoms. The van der Waals surface area contributed by atoms with E-state index in [1.54, 1.807) is 38.5 Å². The molecule has 182 valence electrons. The zero-order valence-corrected chi connectivity index (χ0v) is 24.9. The van der Waals surface area contributed by atoms with Gasteiger partial charge in [-0.25, -0.2) is 0 Å². The molecule has 1 heterocycles.